The number of carbonyl (C=O) groups excluding carboxylic acids is 1. The molecule has 2 N–H and O–H groups in total. The topological polar surface area (TPSA) is 59.6 Å². The number of hydrogen-bond donors (Lipinski definition) is 2. The predicted octanol–water partition coefficient (Wildman–Crippen LogP) is 3.78. The molecular weight excluding hydrogens is 363 g/mol. The first-order chi connectivity index (χ1) is 12.0. The summed E-state index contributed by atoms with van der Waals surface area (Å²) in [6.45, 7) is 0.662. The summed E-state index contributed by atoms with van der Waals surface area (Å²) in [7, 11) is 3.19. The molecule has 0 atom stereocenters. The normalized spacial score (nSPS) is 10.2. The lowest BCUT2D eigenvalue weighted by atomic mass is 10.1. The van der Waals surface area contributed by atoms with Crippen molar-refractivity contribution in [1.29, 1.82) is 0 Å². The Hall–Kier alpha value is -2.11. The van der Waals surface area contributed by atoms with Crippen LogP contribution < -0.4 is 20.1 Å². The minimum absolute atomic E-state index is 0.114. The highest BCUT2D eigenvalue weighted by atomic mass is 35.5. The van der Waals surface area contributed by atoms with Crippen LogP contribution in [0.3, 0.4) is 0 Å². The van der Waals surface area contributed by atoms with Crippen molar-refractivity contribution >= 4 is 34.8 Å². The third-order valence-electron chi connectivity index (χ3n) is 3.50. The molecule has 0 bridgehead atoms. The van der Waals surface area contributed by atoms with Crippen molar-refractivity contribution in [1.82, 2.24) is 5.32 Å². The zero-order valence-electron chi connectivity index (χ0n) is 14.1. The van der Waals surface area contributed by atoms with Crippen LogP contribution in [0.5, 0.6) is 11.5 Å². The number of benzene rings is 2. The Morgan fingerprint density at radius 1 is 1.00 bits per heavy atom. The van der Waals surface area contributed by atoms with Crippen molar-refractivity contribution in [3.63, 3.8) is 0 Å². The number of nitrogens with one attached hydrogen (secondary N) is 2. The molecule has 0 unspecified atom stereocenters. The molecule has 0 aliphatic rings. The smallest absolute Gasteiger partial charge is 0.239 e. The van der Waals surface area contributed by atoms with Gasteiger partial charge in [0, 0.05) is 22.3 Å². The van der Waals surface area contributed by atoms with E-state index in [-0.39, 0.29) is 12.5 Å². The molecule has 0 aromatic heterocycles. The summed E-state index contributed by atoms with van der Waals surface area (Å²) >= 11 is 11.8. The highest BCUT2D eigenvalue weighted by molar-refractivity contribution is 6.35. The van der Waals surface area contributed by atoms with Crippen LogP contribution in [0.1, 0.15) is 5.56 Å². The van der Waals surface area contributed by atoms with Gasteiger partial charge in [-0.05, 0) is 42.3 Å². The van der Waals surface area contributed by atoms with E-state index in [9.17, 15) is 4.79 Å². The van der Waals surface area contributed by atoms with Crippen molar-refractivity contribution in [3.8, 4) is 11.5 Å². The number of carbonyl (C=O) groups is 1. The highest BCUT2D eigenvalue weighted by Gasteiger charge is 2.06. The van der Waals surface area contributed by atoms with E-state index < -0.39 is 0 Å². The van der Waals surface area contributed by atoms with Crippen LogP contribution in [0, 0.1) is 0 Å². The van der Waals surface area contributed by atoms with Crippen molar-refractivity contribution in [2.24, 2.45) is 0 Å². The molecule has 7 heteroatoms. The first kappa shape index (κ1) is 19.2. The number of anilines is 1. The van der Waals surface area contributed by atoms with Gasteiger partial charge >= 0.3 is 0 Å². The Bertz CT molecular complexity index is 718. The van der Waals surface area contributed by atoms with E-state index >= 15 is 0 Å². The predicted molar refractivity (Wildman–Crippen MR) is 101 cm³/mol. The number of rotatable bonds is 8. The molecule has 0 fully saturated rings. The molecule has 1 amide bonds. The molecule has 5 nitrogen and oxygen atoms in total. The molecule has 134 valence electrons. The lowest BCUT2D eigenvalue weighted by molar-refractivity contribution is -0.119. The Labute approximate surface area is 157 Å². The molecule has 0 aliphatic carbocycles. The molecule has 0 aliphatic heterocycles. The Balaban J connectivity index is 1.78. The number of hydrogen-bond acceptors (Lipinski definition) is 4. The quantitative estimate of drug-likeness (QED) is 0.729. The molecule has 2 aromatic rings. The molecule has 2 rings (SSSR count). The molecule has 0 heterocycles. The average Bonchev–Trinajstić information content (AvgIpc) is 2.59. The summed E-state index contributed by atoms with van der Waals surface area (Å²) in [5.41, 5.74) is 1.75. The summed E-state index contributed by atoms with van der Waals surface area (Å²) in [6.07, 6.45) is 0.690. The van der Waals surface area contributed by atoms with E-state index in [0.717, 1.165) is 5.56 Å². The maximum absolute atomic E-state index is 11.9. The third kappa shape index (κ3) is 6.03. The van der Waals surface area contributed by atoms with Crippen LogP contribution in [-0.4, -0.2) is 33.2 Å². The Morgan fingerprint density at radius 2 is 1.68 bits per heavy atom. The fourth-order valence-corrected chi connectivity index (χ4v) is 2.81. The zero-order valence-corrected chi connectivity index (χ0v) is 15.6. The third-order valence-corrected chi connectivity index (χ3v) is 3.94. The minimum Gasteiger partial charge on any atom is -0.493 e. The van der Waals surface area contributed by atoms with Gasteiger partial charge in [0.15, 0.2) is 11.5 Å². The Kier molecular flexibility index (Phi) is 7.22. The molecule has 0 spiro atoms. The monoisotopic (exact) mass is 382 g/mol. The molecule has 0 radical (unpaired) electrons. The molecule has 0 saturated carbocycles. The summed E-state index contributed by atoms with van der Waals surface area (Å²) in [6, 6.07) is 10.8. The number of halogens is 2. The van der Waals surface area contributed by atoms with Gasteiger partial charge in [-0.15, -0.1) is 0 Å². The maximum Gasteiger partial charge on any atom is 0.239 e. The second-order valence-corrected chi connectivity index (χ2v) is 6.17. The largest absolute Gasteiger partial charge is 0.493 e. The van der Waals surface area contributed by atoms with Gasteiger partial charge in [0.2, 0.25) is 5.91 Å². The average molecular weight is 383 g/mol. The van der Waals surface area contributed by atoms with Crippen molar-refractivity contribution in [2.45, 2.75) is 6.42 Å². The van der Waals surface area contributed by atoms with E-state index in [2.05, 4.69) is 10.6 Å². The van der Waals surface area contributed by atoms with E-state index in [0.29, 0.717) is 40.2 Å². The number of methoxy groups -OCH3 is 2. The summed E-state index contributed by atoms with van der Waals surface area (Å²) in [4.78, 5) is 11.9. The molecule has 2 aromatic carbocycles. The fraction of sp³-hybridized carbons (Fsp3) is 0.278. The van der Waals surface area contributed by atoms with Gasteiger partial charge in [0.1, 0.15) is 0 Å². The van der Waals surface area contributed by atoms with E-state index in [4.69, 9.17) is 32.7 Å². The fourth-order valence-electron chi connectivity index (χ4n) is 2.28. The van der Waals surface area contributed by atoms with Crippen LogP contribution >= 0.6 is 23.2 Å². The van der Waals surface area contributed by atoms with Crippen LogP contribution in [0.4, 0.5) is 5.69 Å². The minimum atomic E-state index is -0.114. The van der Waals surface area contributed by atoms with Gasteiger partial charge in [0.05, 0.1) is 20.8 Å². The SMILES string of the molecule is COc1ccc(CCNC(=O)CNc2cc(Cl)cc(Cl)c2)cc1OC. The number of ether oxygens (including phenoxy) is 2. The van der Waals surface area contributed by atoms with Gasteiger partial charge in [-0.2, -0.15) is 0 Å². The molecular formula is C18H20Cl2N2O3. The lowest BCUT2D eigenvalue weighted by Crippen LogP contribution is -2.31. The Morgan fingerprint density at radius 3 is 2.32 bits per heavy atom. The zero-order chi connectivity index (χ0) is 18.2. The maximum atomic E-state index is 11.9. The molecule has 25 heavy (non-hydrogen) atoms. The van der Waals surface area contributed by atoms with Gasteiger partial charge in [0.25, 0.3) is 0 Å². The summed E-state index contributed by atoms with van der Waals surface area (Å²) < 4.78 is 10.5. The van der Waals surface area contributed by atoms with E-state index in [1.54, 1.807) is 32.4 Å². The van der Waals surface area contributed by atoms with Crippen LogP contribution in [-0.2, 0) is 11.2 Å². The van der Waals surface area contributed by atoms with E-state index in [1.807, 2.05) is 18.2 Å². The van der Waals surface area contributed by atoms with Crippen LogP contribution in [0.25, 0.3) is 0 Å². The van der Waals surface area contributed by atoms with Gasteiger partial charge < -0.3 is 20.1 Å². The van der Waals surface area contributed by atoms with E-state index in [1.165, 1.54) is 0 Å². The highest BCUT2D eigenvalue weighted by Crippen LogP contribution is 2.27. The van der Waals surface area contributed by atoms with Gasteiger partial charge in [-0.3, -0.25) is 4.79 Å². The first-order valence-electron chi connectivity index (χ1n) is 7.69. The molecule has 0 saturated heterocycles. The first-order valence-corrected chi connectivity index (χ1v) is 8.45. The van der Waals surface area contributed by atoms with Crippen molar-refractivity contribution in [2.75, 3.05) is 32.6 Å². The van der Waals surface area contributed by atoms with Crippen molar-refractivity contribution in [3.05, 3.63) is 52.0 Å². The standard InChI is InChI=1S/C18H20Cl2N2O3/c1-24-16-4-3-12(7-17(16)25-2)5-6-21-18(23)11-22-15-9-13(19)8-14(20)10-15/h3-4,7-10,22H,5-6,11H2,1-2H3,(H,21,23). The summed E-state index contributed by atoms with van der Waals surface area (Å²) in [5, 5.41) is 6.88. The lowest BCUT2D eigenvalue weighted by Gasteiger charge is -2.11. The van der Waals surface area contributed by atoms with Crippen molar-refractivity contribution < 1.29 is 14.3 Å². The van der Waals surface area contributed by atoms with Gasteiger partial charge in [-0.1, -0.05) is 29.3 Å². The summed E-state index contributed by atoms with van der Waals surface area (Å²) in [5.74, 6) is 1.24. The second-order valence-electron chi connectivity index (χ2n) is 5.30. The van der Waals surface area contributed by atoms with Crippen LogP contribution in [0.15, 0.2) is 36.4 Å². The van der Waals surface area contributed by atoms with Gasteiger partial charge in [-0.25, -0.2) is 0 Å². The second kappa shape index (κ2) is 9.39. The number of amides is 1. The van der Waals surface area contributed by atoms with Crippen LogP contribution in [0.2, 0.25) is 10.0 Å².